The van der Waals surface area contributed by atoms with Crippen LogP contribution in [0, 0.1) is 0 Å². The van der Waals surface area contributed by atoms with E-state index in [1.54, 1.807) is 0 Å². The summed E-state index contributed by atoms with van der Waals surface area (Å²) in [5.41, 5.74) is 0. The van der Waals surface area contributed by atoms with Gasteiger partial charge in [0.05, 0.1) is 34.4 Å². The van der Waals surface area contributed by atoms with Crippen LogP contribution < -0.4 is 0 Å². The zero-order valence-electron chi connectivity index (χ0n) is 36.5. The molecule has 2 atom stereocenters. The molecular weight excluding hydrogens is 679 g/mol. The molecule has 0 aliphatic heterocycles. The first-order chi connectivity index (χ1) is 26.1. The van der Waals surface area contributed by atoms with Crippen LogP contribution in [-0.2, 0) is 28.6 Å². The Balaban J connectivity index is 4.26. The van der Waals surface area contributed by atoms with Gasteiger partial charge >= 0.3 is 17.9 Å². The van der Waals surface area contributed by atoms with E-state index in [4.69, 9.17) is 14.2 Å². The lowest BCUT2D eigenvalue weighted by Crippen LogP contribution is -2.50. The van der Waals surface area contributed by atoms with E-state index in [9.17, 15) is 19.5 Å². The molecule has 54 heavy (non-hydrogen) atoms. The zero-order chi connectivity index (χ0) is 40.0. The second-order valence-corrected chi connectivity index (χ2v) is 17.0. The van der Waals surface area contributed by atoms with Crippen molar-refractivity contribution in [1.82, 2.24) is 0 Å². The summed E-state index contributed by atoms with van der Waals surface area (Å²) in [6.45, 7) is 4.78. The van der Waals surface area contributed by atoms with E-state index in [-0.39, 0.29) is 36.2 Å². The average Bonchev–Trinajstić information content (AvgIpc) is 3.12. The van der Waals surface area contributed by atoms with Crippen molar-refractivity contribution >= 4 is 17.9 Å². The second-order valence-electron chi connectivity index (χ2n) is 17.0. The van der Waals surface area contributed by atoms with Crippen LogP contribution in [0.1, 0.15) is 226 Å². The highest BCUT2D eigenvalue weighted by Gasteiger charge is 2.31. The SMILES string of the molecule is CCCCCCCCCCCCCCCCCCCC(=O)OC(COCCC(C(=O)O)[N+](C)(C)C)COC(=O)CCCCCCCCCCCCCCC. The summed E-state index contributed by atoms with van der Waals surface area (Å²) >= 11 is 0. The van der Waals surface area contributed by atoms with E-state index < -0.39 is 18.1 Å². The van der Waals surface area contributed by atoms with E-state index >= 15 is 0 Å². The maximum absolute atomic E-state index is 12.7. The second kappa shape index (κ2) is 38.2. The van der Waals surface area contributed by atoms with Crippen LogP contribution in [0.3, 0.4) is 0 Å². The minimum Gasteiger partial charge on any atom is -0.477 e. The Kier molecular flexibility index (Phi) is 37.0. The fourth-order valence-corrected chi connectivity index (χ4v) is 7.15. The Labute approximate surface area is 334 Å². The van der Waals surface area contributed by atoms with Crippen molar-refractivity contribution in [3.63, 3.8) is 0 Å². The van der Waals surface area contributed by atoms with Gasteiger partial charge in [0.2, 0.25) is 0 Å². The molecule has 0 aromatic carbocycles. The molecule has 0 aromatic rings. The van der Waals surface area contributed by atoms with Gasteiger partial charge in [0.25, 0.3) is 0 Å². The summed E-state index contributed by atoms with van der Waals surface area (Å²) < 4.78 is 17.3. The van der Waals surface area contributed by atoms with Gasteiger partial charge in [-0.3, -0.25) is 9.59 Å². The van der Waals surface area contributed by atoms with Gasteiger partial charge in [-0.2, -0.15) is 0 Å². The van der Waals surface area contributed by atoms with Crippen molar-refractivity contribution in [3.8, 4) is 0 Å². The topological polar surface area (TPSA) is 99.1 Å². The summed E-state index contributed by atoms with van der Waals surface area (Å²) in [6.07, 6.45) is 38.5. The summed E-state index contributed by atoms with van der Waals surface area (Å²) in [6, 6.07) is -0.608. The Morgan fingerprint density at radius 2 is 0.815 bits per heavy atom. The number of carboxylic acids is 1. The van der Waals surface area contributed by atoms with Gasteiger partial charge in [-0.05, 0) is 12.8 Å². The molecule has 0 spiro atoms. The van der Waals surface area contributed by atoms with Crippen molar-refractivity contribution in [3.05, 3.63) is 0 Å². The quantitative estimate of drug-likeness (QED) is 0.0375. The van der Waals surface area contributed by atoms with Gasteiger partial charge in [0.15, 0.2) is 12.1 Å². The molecule has 0 saturated heterocycles. The molecule has 8 heteroatoms. The normalized spacial score (nSPS) is 12.8. The van der Waals surface area contributed by atoms with Crippen LogP contribution in [0.15, 0.2) is 0 Å². The highest BCUT2D eigenvalue weighted by Crippen LogP contribution is 2.16. The number of carbonyl (C=O) groups is 3. The predicted molar refractivity (Wildman–Crippen MR) is 225 cm³/mol. The monoisotopic (exact) mass is 769 g/mol. The van der Waals surface area contributed by atoms with Gasteiger partial charge in [-0.1, -0.05) is 194 Å². The molecule has 0 amide bonds. The third-order valence-electron chi connectivity index (χ3n) is 10.8. The molecule has 0 fully saturated rings. The molecule has 0 aliphatic carbocycles. The van der Waals surface area contributed by atoms with Gasteiger partial charge in [0.1, 0.15) is 6.61 Å². The predicted octanol–water partition coefficient (Wildman–Crippen LogP) is 12.5. The number of hydrogen-bond acceptors (Lipinski definition) is 6. The molecule has 0 rings (SSSR count). The average molecular weight is 769 g/mol. The zero-order valence-corrected chi connectivity index (χ0v) is 36.5. The first-order valence-electron chi connectivity index (χ1n) is 23.1. The van der Waals surface area contributed by atoms with Crippen LogP contribution in [-0.4, -0.2) is 80.6 Å². The number of quaternary nitrogens is 1. The van der Waals surface area contributed by atoms with Crippen molar-refractivity contribution in [1.29, 1.82) is 0 Å². The number of hydrogen-bond donors (Lipinski definition) is 1. The number of esters is 2. The number of likely N-dealkylation sites (N-methyl/N-ethyl adjacent to an activating group) is 1. The van der Waals surface area contributed by atoms with E-state index in [0.29, 0.717) is 19.3 Å². The number of carbonyl (C=O) groups excluding carboxylic acids is 2. The van der Waals surface area contributed by atoms with E-state index in [2.05, 4.69) is 13.8 Å². The van der Waals surface area contributed by atoms with Crippen molar-refractivity contribution in [2.45, 2.75) is 238 Å². The molecule has 0 bridgehead atoms. The molecule has 0 heterocycles. The molecule has 320 valence electrons. The molecule has 1 N–H and O–H groups in total. The van der Waals surface area contributed by atoms with Crippen molar-refractivity contribution in [2.75, 3.05) is 41.0 Å². The summed E-state index contributed by atoms with van der Waals surface area (Å²) in [5, 5.41) is 9.62. The number of rotatable bonds is 42. The van der Waals surface area contributed by atoms with E-state index in [0.717, 1.165) is 38.5 Å². The fourth-order valence-electron chi connectivity index (χ4n) is 7.15. The maximum atomic E-state index is 12.7. The Bertz CT molecular complexity index is 858. The highest BCUT2D eigenvalue weighted by molar-refractivity contribution is 5.72. The molecule has 2 unspecified atom stereocenters. The first kappa shape index (κ1) is 52.3. The molecule has 8 nitrogen and oxygen atoms in total. The van der Waals surface area contributed by atoms with Crippen molar-refractivity contribution < 1.29 is 38.2 Å². The third kappa shape index (κ3) is 36.0. The highest BCUT2D eigenvalue weighted by atomic mass is 16.6. The first-order valence-corrected chi connectivity index (χ1v) is 23.1. The lowest BCUT2D eigenvalue weighted by Gasteiger charge is -2.31. The summed E-state index contributed by atoms with van der Waals surface area (Å²) in [5.74, 6) is -1.44. The smallest absolute Gasteiger partial charge is 0.362 e. The fraction of sp³-hybridized carbons (Fsp3) is 0.935. The Morgan fingerprint density at radius 3 is 1.15 bits per heavy atom. The van der Waals surface area contributed by atoms with Gasteiger partial charge < -0.3 is 23.8 Å². The van der Waals surface area contributed by atoms with E-state index in [1.807, 2.05) is 21.1 Å². The number of carboxylic acid groups (broad SMARTS) is 1. The molecule has 0 aromatic heterocycles. The lowest BCUT2D eigenvalue weighted by molar-refractivity contribution is -0.887. The van der Waals surface area contributed by atoms with Crippen molar-refractivity contribution in [2.24, 2.45) is 0 Å². The molecule has 0 radical (unpaired) electrons. The number of ether oxygens (including phenoxy) is 3. The van der Waals surface area contributed by atoms with Crippen LogP contribution in [0.5, 0.6) is 0 Å². The standard InChI is InChI=1S/C46H89NO7/c1-6-8-10-12-14-16-18-20-21-22-23-25-27-29-31-33-35-37-45(49)54-42(40-52-39-38-43(46(50)51)47(3,4)5)41-53-44(48)36-34-32-30-28-26-24-19-17-15-13-11-9-7-2/h42-43H,6-41H2,1-5H3/p+1. The number of unbranched alkanes of at least 4 members (excludes halogenated alkanes) is 28. The Hall–Kier alpha value is -1.67. The maximum Gasteiger partial charge on any atom is 0.362 e. The molecule has 0 aliphatic rings. The third-order valence-corrected chi connectivity index (χ3v) is 10.8. The van der Waals surface area contributed by atoms with Gasteiger partial charge in [0, 0.05) is 19.3 Å². The molecule has 0 saturated carbocycles. The lowest BCUT2D eigenvalue weighted by atomic mass is 10.0. The van der Waals surface area contributed by atoms with Crippen LogP contribution in [0.2, 0.25) is 0 Å². The Morgan fingerprint density at radius 1 is 0.481 bits per heavy atom. The minimum absolute atomic E-state index is 0.0419. The summed E-state index contributed by atoms with van der Waals surface area (Å²) in [4.78, 5) is 37.0. The largest absolute Gasteiger partial charge is 0.477 e. The number of nitrogens with zero attached hydrogens (tertiary/aromatic N) is 1. The number of aliphatic carboxylic acids is 1. The van der Waals surface area contributed by atoms with E-state index in [1.165, 1.54) is 154 Å². The van der Waals surface area contributed by atoms with Gasteiger partial charge in [-0.25, -0.2) is 4.79 Å². The van der Waals surface area contributed by atoms with Crippen LogP contribution in [0.25, 0.3) is 0 Å². The molecular formula is C46H90NO7+. The van der Waals surface area contributed by atoms with Crippen LogP contribution >= 0.6 is 0 Å². The van der Waals surface area contributed by atoms with Gasteiger partial charge in [-0.15, -0.1) is 0 Å². The van der Waals surface area contributed by atoms with Crippen LogP contribution in [0.4, 0.5) is 0 Å². The minimum atomic E-state index is -0.870. The summed E-state index contributed by atoms with van der Waals surface area (Å²) in [7, 11) is 5.54.